The zero-order valence-electron chi connectivity index (χ0n) is 13.1. The highest BCUT2D eigenvalue weighted by Gasteiger charge is 2.16. The predicted molar refractivity (Wildman–Crippen MR) is 89.4 cm³/mol. The van der Waals surface area contributed by atoms with E-state index in [0.717, 1.165) is 11.3 Å². The topological polar surface area (TPSA) is 46.6 Å². The summed E-state index contributed by atoms with van der Waals surface area (Å²) in [7, 11) is 1.60. The van der Waals surface area contributed by atoms with E-state index in [0.29, 0.717) is 12.1 Å². The Morgan fingerprint density at radius 3 is 2.30 bits per heavy atom. The van der Waals surface area contributed by atoms with Crippen LogP contribution in [-0.4, -0.2) is 30.2 Å². The smallest absolute Gasteiger partial charge is 0.246 e. The first-order valence-corrected chi connectivity index (χ1v) is 7.26. The summed E-state index contributed by atoms with van der Waals surface area (Å²) in [5.41, 5.74) is 1.51. The average Bonchev–Trinajstić information content (AvgIpc) is 2.61. The van der Waals surface area contributed by atoms with Crippen LogP contribution in [0.5, 0.6) is 5.75 Å². The molecule has 2 aromatic carbocycles. The minimum Gasteiger partial charge on any atom is -0.497 e. The highest BCUT2D eigenvalue weighted by atomic mass is 16.5. The molecule has 0 spiro atoms. The van der Waals surface area contributed by atoms with E-state index in [2.05, 4.69) is 6.58 Å². The normalized spacial score (nSPS) is 9.96. The molecule has 118 valence electrons. The standard InChI is InChI=1S/C19H19NO3/c1-3-19(22)20(13-15-9-11-17(23-2)12-10-15)14-18(21)16-7-5-4-6-8-16/h3-12H,1,13-14H2,2H3. The second-order valence-electron chi connectivity index (χ2n) is 5.04. The number of hydrogen-bond acceptors (Lipinski definition) is 3. The van der Waals surface area contributed by atoms with Gasteiger partial charge in [0.25, 0.3) is 0 Å². The summed E-state index contributed by atoms with van der Waals surface area (Å²) in [4.78, 5) is 25.8. The molecule has 0 heterocycles. The lowest BCUT2D eigenvalue weighted by atomic mass is 10.1. The van der Waals surface area contributed by atoms with Crippen molar-refractivity contribution in [1.82, 2.24) is 4.90 Å². The summed E-state index contributed by atoms with van der Waals surface area (Å²) >= 11 is 0. The molecule has 2 rings (SSSR count). The molecule has 0 N–H and O–H groups in total. The van der Waals surface area contributed by atoms with Gasteiger partial charge in [-0.3, -0.25) is 9.59 Å². The Bertz CT molecular complexity index is 678. The minimum atomic E-state index is -0.273. The van der Waals surface area contributed by atoms with Crippen molar-refractivity contribution in [2.75, 3.05) is 13.7 Å². The molecule has 0 aliphatic carbocycles. The van der Waals surface area contributed by atoms with Crippen LogP contribution in [0.25, 0.3) is 0 Å². The summed E-state index contributed by atoms with van der Waals surface area (Å²) in [6, 6.07) is 16.3. The predicted octanol–water partition coefficient (Wildman–Crippen LogP) is 3.09. The van der Waals surface area contributed by atoms with Gasteiger partial charge in [-0.05, 0) is 23.8 Å². The lowest BCUT2D eigenvalue weighted by molar-refractivity contribution is -0.126. The van der Waals surface area contributed by atoms with Gasteiger partial charge in [0.05, 0.1) is 13.7 Å². The summed E-state index contributed by atoms with van der Waals surface area (Å²) in [5.74, 6) is 0.370. The molecular weight excluding hydrogens is 290 g/mol. The van der Waals surface area contributed by atoms with Crippen molar-refractivity contribution in [1.29, 1.82) is 0 Å². The third kappa shape index (κ3) is 4.54. The molecule has 1 amide bonds. The first kappa shape index (κ1) is 16.5. The Morgan fingerprint density at radius 1 is 1.09 bits per heavy atom. The van der Waals surface area contributed by atoms with E-state index < -0.39 is 0 Å². The fourth-order valence-corrected chi connectivity index (χ4v) is 2.18. The highest BCUT2D eigenvalue weighted by molar-refractivity contribution is 6.00. The maximum atomic E-state index is 12.3. The minimum absolute atomic E-state index is 0.0148. The van der Waals surface area contributed by atoms with Crippen LogP contribution in [0.15, 0.2) is 67.3 Å². The van der Waals surface area contributed by atoms with Gasteiger partial charge in [-0.25, -0.2) is 0 Å². The number of carbonyl (C=O) groups excluding carboxylic acids is 2. The van der Waals surface area contributed by atoms with Gasteiger partial charge in [-0.2, -0.15) is 0 Å². The van der Waals surface area contributed by atoms with E-state index in [-0.39, 0.29) is 18.2 Å². The second kappa shape index (κ2) is 7.94. The molecule has 0 atom stereocenters. The lowest BCUT2D eigenvalue weighted by Crippen LogP contribution is -2.34. The second-order valence-corrected chi connectivity index (χ2v) is 5.04. The quantitative estimate of drug-likeness (QED) is 0.583. The number of Topliss-reactive ketones (excluding diaryl/α,β-unsaturated/α-hetero) is 1. The molecule has 0 unspecified atom stereocenters. The van der Waals surface area contributed by atoms with Gasteiger partial charge in [0.1, 0.15) is 5.75 Å². The van der Waals surface area contributed by atoms with Gasteiger partial charge in [0, 0.05) is 12.1 Å². The summed E-state index contributed by atoms with van der Waals surface area (Å²) in [6.07, 6.45) is 1.22. The van der Waals surface area contributed by atoms with Crippen LogP contribution < -0.4 is 4.74 Å². The number of amides is 1. The summed E-state index contributed by atoms with van der Waals surface area (Å²) < 4.78 is 5.11. The first-order valence-electron chi connectivity index (χ1n) is 7.26. The number of carbonyl (C=O) groups is 2. The number of benzene rings is 2. The number of hydrogen-bond donors (Lipinski definition) is 0. The Balaban J connectivity index is 2.12. The lowest BCUT2D eigenvalue weighted by Gasteiger charge is -2.20. The molecule has 0 saturated carbocycles. The van der Waals surface area contributed by atoms with Gasteiger partial charge >= 0.3 is 0 Å². The fraction of sp³-hybridized carbons (Fsp3) is 0.158. The van der Waals surface area contributed by atoms with Crippen molar-refractivity contribution < 1.29 is 14.3 Å². The monoisotopic (exact) mass is 309 g/mol. The van der Waals surface area contributed by atoms with Crippen LogP contribution in [0.4, 0.5) is 0 Å². The third-order valence-electron chi connectivity index (χ3n) is 3.45. The van der Waals surface area contributed by atoms with Crippen molar-refractivity contribution in [2.24, 2.45) is 0 Å². The molecule has 0 fully saturated rings. The van der Waals surface area contributed by atoms with E-state index in [1.165, 1.54) is 11.0 Å². The molecule has 0 bridgehead atoms. The van der Waals surface area contributed by atoms with Gasteiger partial charge in [0.15, 0.2) is 5.78 Å². The van der Waals surface area contributed by atoms with Crippen LogP contribution in [0.3, 0.4) is 0 Å². The molecule has 4 nitrogen and oxygen atoms in total. The van der Waals surface area contributed by atoms with Crippen molar-refractivity contribution in [3.05, 3.63) is 78.4 Å². The largest absolute Gasteiger partial charge is 0.497 e. The Morgan fingerprint density at radius 2 is 1.74 bits per heavy atom. The van der Waals surface area contributed by atoms with Crippen LogP contribution in [-0.2, 0) is 11.3 Å². The zero-order chi connectivity index (χ0) is 16.7. The van der Waals surface area contributed by atoms with E-state index >= 15 is 0 Å². The SMILES string of the molecule is C=CC(=O)N(CC(=O)c1ccccc1)Cc1ccc(OC)cc1. The van der Waals surface area contributed by atoms with Crippen molar-refractivity contribution in [2.45, 2.75) is 6.54 Å². The van der Waals surface area contributed by atoms with E-state index in [1.54, 1.807) is 31.4 Å². The molecule has 0 saturated heterocycles. The molecule has 4 heteroatoms. The maximum absolute atomic E-state index is 12.3. The first-order chi connectivity index (χ1) is 11.1. The summed E-state index contributed by atoms with van der Waals surface area (Å²) in [5, 5.41) is 0. The average molecular weight is 309 g/mol. The van der Waals surface area contributed by atoms with Crippen molar-refractivity contribution in [3.63, 3.8) is 0 Å². The summed E-state index contributed by atoms with van der Waals surface area (Å²) in [6.45, 7) is 3.86. The van der Waals surface area contributed by atoms with E-state index in [9.17, 15) is 9.59 Å². The van der Waals surface area contributed by atoms with Crippen LogP contribution in [0, 0.1) is 0 Å². The van der Waals surface area contributed by atoms with E-state index in [4.69, 9.17) is 4.74 Å². The zero-order valence-corrected chi connectivity index (χ0v) is 13.1. The molecule has 0 radical (unpaired) electrons. The number of rotatable bonds is 7. The Hall–Kier alpha value is -2.88. The van der Waals surface area contributed by atoms with Crippen LogP contribution in [0.1, 0.15) is 15.9 Å². The number of methoxy groups -OCH3 is 1. The molecule has 2 aromatic rings. The molecule has 0 aliphatic heterocycles. The van der Waals surface area contributed by atoms with Gasteiger partial charge in [0.2, 0.25) is 5.91 Å². The molecule has 0 aliphatic rings. The fourth-order valence-electron chi connectivity index (χ4n) is 2.18. The third-order valence-corrected chi connectivity index (χ3v) is 3.45. The maximum Gasteiger partial charge on any atom is 0.246 e. The van der Waals surface area contributed by atoms with Gasteiger partial charge < -0.3 is 9.64 Å². The Kier molecular flexibility index (Phi) is 5.69. The number of ether oxygens (including phenoxy) is 1. The van der Waals surface area contributed by atoms with Gasteiger partial charge in [-0.15, -0.1) is 0 Å². The van der Waals surface area contributed by atoms with Gasteiger partial charge in [-0.1, -0.05) is 49.0 Å². The molecular formula is C19H19NO3. The highest BCUT2D eigenvalue weighted by Crippen LogP contribution is 2.14. The van der Waals surface area contributed by atoms with Crippen molar-refractivity contribution in [3.8, 4) is 5.75 Å². The van der Waals surface area contributed by atoms with Crippen LogP contribution >= 0.6 is 0 Å². The molecule has 23 heavy (non-hydrogen) atoms. The number of ketones is 1. The Labute approximate surface area is 136 Å². The number of nitrogens with zero attached hydrogens (tertiary/aromatic N) is 1. The van der Waals surface area contributed by atoms with E-state index in [1.807, 2.05) is 30.3 Å². The molecule has 0 aromatic heterocycles. The van der Waals surface area contributed by atoms with Crippen molar-refractivity contribution >= 4 is 11.7 Å². The van der Waals surface area contributed by atoms with Crippen LogP contribution in [0.2, 0.25) is 0 Å².